The molecule has 2 unspecified atom stereocenters. The van der Waals surface area contributed by atoms with Crippen LogP contribution >= 0.6 is 11.6 Å². The largest absolute Gasteiger partial charge is 0.523 e. The highest BCUT2D eigenvalue weighted by Crippen LogP contribution is 2.42. The average molecular weight is 684 g/mol. The topological polar surface area (TPSA) is 144 Å². The predicted octanol–water partition coefficient (Wildman–Crippen LogP) is 6.04. The zero-order valence-corrected chi connectivity index (χ0v) is 26.8. The smallest absolute Gasteiger partial charge is 0.435 e. The summed E-state index contributed by atoms with van der Waals surface area (Å²) >= 11 is 6.55. The molecule has 1 saturated carbocycles. The second-order valence-corrected chi connectivity index (χ2v) is 13.1. The molecule has 2 N–H and O–H groups in total. The van der Waals surface area contributed by atoms with E-state index >= 15 is 4.79 Å². The zero-order valence-electron chi connectivity index (χ0n) is 26.0. The number of carbonyl (C=O) groups is 4. The maximum Gasteiger partial charge on any atom is 0.523 e. The number of halogens is 4. The van der Waals surface area contributed by atoms with Crippen molar-refractivity contribution in [1.29, 1.82) is 5.26 Å². The molecule has 11 nitrogen and oxygen atoms in total. The minimum Gasteiger partial charge on any atom is -0.435 e. The van der Waals surface area contributed by atoms with Crippen molar-refractivity contribution >= 4 is 47.0 Å². The lowest BCUT2D eigenvalue weighted by Gasteiger charge is -2.39. The molecule has 250 valence electrons. The van der Waals surface area contributed by atoms with Crippen LogP contribution in [0.5, 0.6) is 0 Å². The molecule has 1 aliphatic carbocycles. The summed E-state index contributed by atoms with van der Waals surface area (Å²) in [5.41, 5.74) is -1.39. The van der Waals surface area contributed by atoms with E-state index in [-0.39, 0.29) is 27.7 Å². The third-order valence-corrected chi connectivity index (χ3v) is 8.98. The summed E-state index contributed by atoms with van der Waals surface area (Å²) in [6.45, 7) is 3.85. The maximum absolute atomic E-state index is 15.1. The second-order valence-electron chi connectivity index (χ2n) is 12.7. The van der Waals surface area contributed by atoms with Gasteiger partial charge in [0.2, 0.25) is 5.91 Å². The number of benzene rings is 2. The predicted molar refractivity (Wildman–Crippen MR) is 168 cm³/mol. The zero-order chi connectivity index (χ0) is 35.2. The molecule has 3 atom stereocenters. The number of nitrogens with one attached hydrogen (secondary N) is 1. The molecule has 5 rings (SSSR count). The van der Waals surface area contributed by atoms with E-state index in [0.29, 0.717) is 0 Å². The molecule has 1 saturated heterocycles. The van der Waals surface area contributed by atoms with Crippen LogP contribution in [0.25, 0.3) is 0 Å². The molecule has 1 aromatic heterocycles. The number of imide groups is 1. The second kappa shape index (κ2) is 12.6. The molecule has 3 aromatic rings. The van der Waals surface area contributed by atoms with E-state index < -0.39 is 83.2 Å². The quantitative estimate of drug-likeness (QED) is 0.289. The highest BCUT2D eigenvalue weighted by molar-refractivity contribution is 6.31. The molecule has 5 amide bonds. The molecule has 0 spiro atoms. The van der Waals surface area contributed by atoms with Crippen LogP contribution in [0.3, 0.4) is 0 Å². The number of carbonyl (C=O) groups excluding carboxylic acids is 3. The molecule has 48 heavy (non-hydrogen) atoms. The fourth-order valence-electron chi connectivity index (χ4n) is 6.14. The number of quaternary nitrogens is 1. The number of pyridine rings is 1. The van der Waals surface area contributed by atoms with Crippen LogP contribution in [0, 0.1) is 17.1 Å². The molecule has 2 aliphatic rings. The molecule has 2 fully saturated rings. The van der Waals surface area contributed by atoms with Crippen molar-refractivity contribution < 1.29 is 41.9 Å². The Morgan fingerprint density at radius 3 is 2.42 bits per heavy atom. The van der Waals surface area contributed by atoms with Gasteiger partial charge in [-0.1, -0.05) is 35.9 Å². The summed E-state index contributed by atoms with van der Waals surface area (Å²) in [4.78, 5) is 62.4. The molecule has 2 heterocycles. The molecule has 15 heteroatoms. The summed E-state index contributed by atoms with van der Waals surface area (Å²) in [5, 5.41) is 22.7. The number of urea groups is 1. The SMILES string of the molecule is CC(C)(C)[N+]1(C(=O)O)CC(C(=O)N(c2cccc(F)c2)[C@H](C(=O)NC2CC(F)(F)C2)c2ccccc2Cl)N(c2cc(C#N)ccn2)C1=O. The van der Waals surface area contributed by atoms with Gasteiger partial charge in [-0.25, -0.2) is 27.8 Å². The van der Waals surface area contributed by atoms with Crippen LogP contribution in [-0.2, 0) is 9.59 Å². The number of alkyl halides is 2. The van der Waals surface area contributed by atoms with E-state index in [1.54, 1.807) is 6.07 Å². The fraction of sp³-hybridized carbons (Fsp3) is 0.333. The fourth-order valence-corrected chi connectivity index (χ4v) is 6.38. The molecular weight excluding hydrogens is 653 g/mol. The van der Waals surface area contributed by atoms with E-state index in [9.17, 15) is 37.9 Å². The van der Waals surface area contributed by atoms with Gasteiger partial charge in [0.1, 0.15) is 29.8 Å². The number of amides is 5. The molecule has 0 bridgehead atoms. The van der Waals surface area contributed by atoms with E-state index in [0.717, 1.165) is 21.9 Å². The van der Waals surface area contributed by atoms with Gasteiger partial charge in [0.25, 0.3) is 11.8 Å². The van der Waals surface area contributed by atoms with Crippen molar-refractivity contribution in [1.82, 2.24) is 10.3 Å². The van der Waals surface area contributed by atoms with Gasteiger partial charge in [-0.05, 0) is 57.2 Å². The average Bonchev–Trinajstić information content (AvgIpc) is 3.33. The standard InChI is InChI=1S/C33H30ClF3N6O5/c1-32(2,3)43(31(47)48)18-25(42(30(43)46)26-13-19(17-38)11-12-39-26)29(45)41(22-8-6-7-20(35)14-22)27(23-9-4-5-10-24(23)34)28(44)40-21-15-33(36,37)16-21/h4-14,21,25,27H,15-16,18H2,1-3H3,(H-,40,44,47,48)/p+1/t25?,27-,43?/m0/s1. The number of hydrogen-bond acceptors (Lipinski definition) is 6. The Morgan fingerprint density at radius 1 is 1.15 bits per heavy atom. The Kier molecular flexibility index (Phi) is 8.98. The van der Waals surface area contributed by atoms with E-state index in [2.05, 4.69) is 10.3 Å². The van der Waals surface area contributed by atoms with Gasteiger partial charge in [-0.3, -0.25) is 14.5 Å². The Hall–Kier alpha value is -5.00. The summed E-state index contributed by atoms with van der Waals surface area (Å²) in [5.74, 6) is -5.94. The number of rotatable bonds is 7. The first-order chi connectivity index (χ1) is 22.5. The van der Waals surface area contributed by atoms with Crippen LogP contribution in [0.2, 0.25) is 5.02 Å². The maximum atomic E-state index is 15.1. The molecule has 1 aliphatic heterocycles. The Labute approximate surface area is 278 Å². The van der Waals surface area contributed by atoms with Gasteiger partial charge in [0, 0.05) is 41.4 Å². The van der Waals surface area contributed by atoms with Gasteiger partial charge in [0.05, 0.1) is 11.6 Å². The number of nitriles is 1. The molecule has 0 radical (unpaired) electrons. The molecule has 2 aromatic carbocycles. The van der Waals surface area contributed by atoms with E-state index in [1.807, 2.05) is 6.07 Å². The third-order valence-electron chi connectivity index (χ3n) is 8.64. The summed E-state index contributed by atoms with van der Waals surface area (Å²) in [6.07, 6.45) is -1.64. The highest BCUT2D eigenvalue weighted by Gasteiger charge is 2.67. The van der Waals surface area contributed by atoms with E-state index in [1.165, 1.54) is 69.4 Å². The minimum absolute atomic E-state index is 0.0129. The summed E-state index contributed by atoms with van der Waals surface area (Å²) < 4.78 is 41.1. The van der Waals surface area contributed by atoms with Crippen LogP contribution in [0.1, 0.15) is 50.8 Å². The van der Waals surface area contributed by atoms with Crippen molar-refractivity contribution in [2.45, 2.75) is 63.2 Å². The number of carboxylic acid groups (broad SMARTS) is 1. The lowest BCUT2D eigenvalue weighted by molar-refractivity contribution is -0.818. The van der Waals surface area contributed by atoms with Gasteiger partial charge >= 0.3 is 12.1 Å². The summed E-state index contributed by atoms with van der Waals surface area (Å²) in [7, 11) is 0. The number of anilines is 2. The number of hydrogen-bond donors (Lipinski definition) is 2. The summed E-state index contributed by atoms with van der Waals surface area (Å²) in [6, 6.07) is 9.76. The van der Waals surface area contributed by atoms with Crippen LogP contribution in [0.4, 0.5) is 34.3 Å². The minimum atomic E-state index is -2.99. The van der Waals surface area contributed by atoms with Crippen LogP contribution < -0.4 is 15.1 Å². The Morgan fingerprint density at radius 2 is 1.83 bits per heavy atom. The van der Waals surface area contributed by atoms with E-state index in [4.69, 9.17) is 11.6 Å². The normalized spacial score (nSPS) is 21.2. The highest BCUT2D eigenvalue weighted by atomic mass is 35.5. The molecular formula is C33H31ClF3N6O5+. The van der Waals surface area contributed by atoms with Gasteiger partial charge < -0.3 is 10.4 Å². The Balaban J connectivity index is 1.73. The van der Waals surface area contributed by atoms with Crippen molar-refractivity contribution in [3.05, 3.63) is 88.8 Å². The first-order valence-electron chi connectivity index (χ1n) is 14.8. The first-order valence-corrected chi connectivity index (χ1v) is 15.2. The van der Waals surface area contributed by atoms with Crippen molar-refractivity contribution in [3.63, 3.8) is 0 Å². The Bertz CT molecular complexity index is 1840. The first kappa shape index (κ1) is 34.3. The third kappa shape index (κ3) is 6.07. The lowest BCUT2D eigenvalue weighted by atomic mass is 9.87. The van der Waals surface area contributed by atoms with Crippen molar-refractivity contribution in [2.24, 2.45) is 0 Å². The van der Waals surface area contributed by atoms with Gasteiger partial charge in [-0.15, -0.1) is 4.48 Å². The number of aromatic nitrogens is 1. The van der Waals surface area contributed by atoms with Crippen molar-refractivity contribution in [3.8, 4) is 6.07 Å². The number of nitrogens with zero attached hydrogens (tertiary/aromatic N) is 5. The van der Waals surface area contributed by atoms with Crippen LogP contribution in [-0.4, -0.2) is 68.6 Å². The lowest BCUT2D eigenvalue weighted by Crippen LogP contribution is -2.65. The van der Waals surface area contributed by atoms with Gasteiger partial charge in [-0.2, -0.15) is 10.1 Å². The van der Waals surface area contributed by atoms with Gasteiger partial charge in [0.15, 0.2) is 6.04 Å². The van der Waals surface area contributed by atoms with Crippen LogP contribution in [0.15, 0.2) is 66.9 Å². The monoisotopic (exact) mass is 683 g/mol. The van der Waals surface area contributed by atoms with Crippen molar-refractivity contribution in [2.75, 3.05) is 16.3 Å².